The van der Waals surface area contributed by atoms with Gasteiger partial charge in [-0.3, -0.25) is 14.9 Å². The lowest BCUT2D eigenvalue weighted by molar-refractivity contribution is -0.384. The summed E-state index contributed by atoms with van der Waals surface area (Å²) < 4.78 is 25.9. The highest BCUT2D eigenvalue weighted by Crippen LogP contribution is 2.39. The Morgan fingerprint density at radius 3 is 2.54 bits per heavy atom. The molecule has 0 aromatic heterocycles. The molecule has 0 aliphatic carbocycles. The summed E-state index contributed by atoms with van der Waals surface area (Å²) in [5.41, 5.74) is 0.454. The summed E-state index contributed by atoms with van der Waals surface area (Å²) in [7, 11) is 0. The van der Waals surface area contributed by atoms with E-state index in [4.69, 9.17) is 35.9 Å². The SMILES string of the molecule is CCSC1C(CCOC(=O)OCc2ccc([N+](=O)[O-])cc2)C(=O)N1C(C(=O)O)C(=S)OC1COCOC1. The first kappa shape index (κ1) is 28.6. The highest BCUT2D eigenvalue weighted by Gasteiger charge is 2.53. The lowest BCUT2D eigenvalue weighted by Crippen LogP contribution is -2.67. The van der Waals surface area contributed by atoms with Crippen molar-refractivity contribution in [3.05, 3.63) is 39.9 Å². The van der Waals surface area contributed by atoms with Crippen molar-refractivity contribution in [2.24, 2.45) is 5.92 Å². The molecule has 1 N–H and O–H groups in total. The molecule has 3 atom stereocenters. The quantitative estimate of drug-likeness (QED) is 0.131. The maximum atomic E-state index is 12.9. The summed E-state index contributed by atoms with van der Waals surface area (Å²) in [6.45, 7) is 2.09. The number of benzene rings is 1. The summed E-state index contributed by atoms with van der Waals surface area (Å²) in [5.74, 6) is -1.74. The molecule has 1 amide bonds. The molecule has 13 nitrogen and oxygen atoms in total. The normalized spacial score (nSPS) is 20.5. The smallest absolute Gasteiger partial charge is 0.479 e. The molecule has 3 rings (SSSR count). The van der Waals surface area contributed by atoms with Crippen LogP contribution < -0.4 is 0 Å². The topological polar surface area (TPSA) is 164 Å². The van der Waals surface area contributed by atoms with Gasteiger partial charge < -0.3 is 33.7 Å². The highest BCUT2D eigenvalue weighted by molar-refractivity contribution is 8.00. The third-order valence-electron chi connectivity index (χ3n) is 5.47. The zero-order valence-electron chi connectivity index (χ0n) is 19.8. The predicted molar refractivity (Wildman–Crippen MR) is 132 cm³/mol. The van der Waals surface area contributed by atoms with Crippen LogP contribution in [0.3, 0.4) is 0 Å². The molecule has 37 heavy (non-hydrogen) atoms. The molecule has 0 bridgehead atoms. The molecule has 0 saturated carbocycles. The second-order valence-electron chi connectivity index (χ2n) is 7.96. The van der Waals surface area contributed by atoms with Gasteiger partial charge in [0.25, 0.3) is 5.69 Å². The molecule has 1 aromatic carbocycles. The van der Waals surface area contributed by atoms with Crippen LogP contribution in [0.15, 0.2) is 24.3 Å². The van der Waals surface area contributed by atoms with E-state index in [0.29, 0.717) is 11.3 Å². The van der Waals surface area contributed by atoms with Crippen LogP contribution in [0.5, 0.6) is 0 Å². The number of thioether (sulfide) groups is 1. The van der Waals surface area contributed by atoms with E-state index >= 15 is 0 Å². The van der Waals surface area contributed by atoms with Gasteiger partial charge in [-0.1, -0.05) is 6.92 Å². The second kappa shape index (κ2) is 13.5. The number of hydrogen-bond acceptors (Lipinski definition) is 12. The summed E-state index contributed by atoms with van der Waals surface area (Å²) >= 11 is 6.59. The van der Waals surface area contributed by atoms with Crippen LogP contribution in [0.2, 0.25) is 0 Å². The van der Waals surface area contributed by atoms with E-state index in [1.165, 1.54) is 40.9 Å². The third kappa shape index (κ3) is 7.50. The summed E-state index contributed by atoms with van der Waals surface area (Å²) in [5, 5.41) is 19.7. The molecule has 0 radical (unpaired) electrons. The van der Waals surface area contributed by atoms with Crippen molar-refractivity contribution in [2.75, 3.05) is 32.4 Å². The molecule has 2 aliphatic rings. The van der Waals surface area contributed by atoms with E-state index < -0.39 is 46.4 Å². The first-order valence-corrected chi connectivity index (χ1v) is 12.7. The second-order valence-corrected chi connectivity index (χ2v) is 9.75. The molecule has 2 heterocycles. The van der Waals surface area contributed by atoms with Crippen molar-refractivity contribution in [3.8, 4) is 0 Å². The van der Waals surface area contributed by atoms with E-state index in [2.05, 4.69) is 0 Å². The van der Waals surface area contributed by atoms with Crippen LogP contribution in [-0.2, 0) is 39.9 Å². The number of carbonyl (C=O) groups is 3. The van der Waals surface area contributed by atoms with Gasteiger partial charge in [-0.2, -0.15) is 0 Å². The number of thiocarbonyl (C=S) groups is 1. The summed E-state index contributed by atoms with van der Waals surface area (Å²) in [6.07, 6.45) is -1.38. The number of carboxylic acid groups (broad SMARTS) is 1. The van der Waals surface area contributed by atoms with Crippen LogP contribution in [0, 0.1) is 16.0 Å². The van der Waals surface area contributed by atoms with E-state index in [1.807, 2.05) is 6.92 Å². The monoisotopic (exact) mass is 558 g/mol. The molecule has 3 unspecified atom stereocenters. The molecular weight excluding hydrogens is 532 g/mol. The van der Waals surface area contributed by atoms with Gasteiger partial charge in [-0.05, 0) is 42.1 Å². The van der Waals surface area contributed by atoms with Gasteiger partial charge in [0.1, 0.15) is 19.5 Å². The molecule has 202 valence electrons. The number of non-ortho nitro benzene ring substituents is 1. The number of nitro benzene ring substituents is 1. The zero-order chi connectivity index (χ0) is 26.9. The Balaban J connectivity index is 1.50. The van der Waals surface area contributed by atoms with E-state index in [9.17, 15) is 29.6 Å². The number of hydrogen-bond donors (Lipinski definition) is 1. The molecule has 15 heteroatoms. The van der Waals surface area contributed by atoms with Crippen molar-refractivity contribution in [1.82, 2.24) is 4.90 Å². The molecule has 2 fully saturated rings. The highest BCUT2D eigenvalue weighted by atomic mass is 32.2. The van der Waals surface area contributed by atoms with Crippen LogP contribution in [-0.4, -0.2) is 87.9 Å². The number of rotatable bonds is 12. The van der Waals surface area contributed by atoms with E-state index in [1.54, 1.807) is 0 Å². The number of ether oxygens (including phenoxy) is 5. The molecule has 2 aliphatic heterocycles. The fraction of sp³-hybridized carbons (Fsp3) is 0.545. The summed E-state index contributed by atoms with van der Waals surface area (Å²) in [4.78, 5) is 48.2. The number of amides is 1. The van der Waals surface area contributed by atoms with Gasteiger partial charge in [-0.15, -0.1) is 11.8 Å². The Labute approximate surface area is 221 Å². The van der Waals surface area contributed by atoms with Gasteiger partial charge in [-0.25, -0.2) is 9.59 Å². The van der Waals surface area contributed by atoms with Crippen LogP contribution in [0.25, 0.3) is 0 Å². The van der Waals surface area contributed by atoms with Gasteiger partial charge in [0.15, 0.2) is 11.1 Å². The average molecular weight is 559 g/mol. The number of likely N-dealkylation sites (tertiary alicyclic amines) is 1. The largest absolute Gasteiger partial charge is 0.508 e. The van der Waals surface area contributed by atoms with Gasteiger partial charge in [0.2, 0.25) is 5.91 Å². The van der Waals surface area contributed by atoms with Crippen molar-refractivity contribution < 1.29 is 48.1 Å². The minimum atomic E-state index is -1.46. The van der Waals surface area contributed by atoms with Gasteiger partial charge in [0.05, 0.1) is 36.0 Å². The Hall–Kier alpha value is -3.01. The lowest BCUT2D eigenvalue weighted by atomic mass is 9.92. The van der Waals surface area contributed by atoms with Gasteiger partial charge >= 0.3 is 12.1 Å². The third-order valence-corrected chi connectivity index (χ3v) is 7.02. The number of nitro groups is 1. The van der Waals surface area contributed by atoms with Gasteiger partial charge in [0, 0.05) is 12.1 Å². The average Bonchev–Trinajstić information content (AvgIpc) is 2.88. The van der Waals surface area contributed by atoms with Crippen molar-refractivity contribution in [2.45, 2.75) is 37.5 Å². The first-order chi connectivity index (χ1) is 17.7. The summed E-state index contributed by atoms with van der Waals surface area (Å²) in [6, 6.07) is 4.04. The minimum absolute atomic E-state index is 0.0838. The van der Waals surface area contributed by atoms with Crippen molar-refractivity contribution in [1.29, 1.82) is 0 Å². The first-order valence-electron chi connectivity index (χ1n) is 11.3. The number of aliphatic carboxylic acids is 1. The van der Waals surface area contributed by atoms with E-state index in [0.717, 1.165) is 0 Å². The molecule has 1 aromatic rings. The standard InChI is InChI=1S/C22H26N2O11S2/c1-2-37-19-16(7-8-33-22(28)34-9-13-3-5-14(6-4-13)24(29)30)18(25)23(19)17(20(26)27)21(36)35-15-10-31-12-32-11-15/h3-6,15-17,19H,2,7-12H2,1H3,(H,26,27). The van der Waals surface area contributed by atoms with Crippen LogP contribution in [0.4, 0.5) is 10.5 Å². The Morgan fingerprint density at radius 1 is 1.27 bits per heavy atom. The fourth-order valence-corrected chi connectivity index (χ4v) is 5.28. The Kier molecular flexibility index (Phi) is 10.4. The number of β-lactam (4-membered cyclic amide) rings is 1. The number of nitrogens with zero attached hydrogens (tertiary/aromatic N) is 2. The van der Waals surface area contributed by atoms with E-state index in [-0.39, 0.29) is 50.4 Å². The zero-order valence-corrected chi connectivity index (χ0v) is 21.4. The predicted octanol–water partition coefficient (Wildman–Crippen LogP) is 2.35. The molecule has 0 spiro atoms. The lowest BCUT2D eigenvalue weighted by Gasteiger charge is -2.49. The number of carbonyl (C=O) groups excluding carboxylic acids is 2. The Bertz CT molecular complexity index is 1000. The van der Waals surface area contributed by atoms with Crippen molar-refractivity contribution >= 4 is 52.7 Å². The minimum Gasteiger partial charge on any atom is -0.479 e. The maximum absolute atomic E-state index is 12.9. The maximum Gasteiger partial charge on any atom is 0.508 e. The fourth-order valence-electron chi connectivity index (χ4n) is 3.72. The van der Waals surface area contributed by atoms with Crippen LogP contribution >= 0.6 is 24.0 Å². The molecular formula is C22H26N2O11S2. The molecule has 2 saturated heterocycles. The van der Waals surface area contributed by atoms with Crippen molar-refractivity contribution in [3.63, 3.8) is 0 Å². The Morgan fingerprint density at radius 2 is 1.95 bits per heavy atom. The van der Waals surface area contributed by atoms with Crippen LogP contribution in [0.1, 0.15) is 18.9 Å². The number of carboxylic acids is 1.